The highest BCUT2D eigenvalue weighted by atomic mass is 35.5. The minimum Gasteiger partial charge on any atom is -0.326 e. The van der Waals surface area contributed by atoms with Gasteiger partial charge in [-0.1, -0.05) is 48.0 Å². The molecule has 5 heteroatoms. The zero-order chi connectivity index (χ0) is 18.1. The van der Waals surface area contributed by atoms with E-state index in [1.54, 1.807) is 29.2 Å². The molecule has 0 radical (unpaired) electrons. The summed E-state index contributed by atoms with van der Waals surface area (Å²) in [6.45, 7) is 0.381. The molecule has 130 valence electrons. The summed E-state index contributed by atoms with van der Waals surface area (Å²) in [5.41, 5.74) is 1.53. The first kappa shape index (κ1) is 16.6. The van der Waals surface area contributed by atoms with Gasteiger partial charge in [0.2, 0.25) is 11.8 Å². The van der Waals surface area contributed by atoms with Crippen molar-refractivity contribution < 1.29 is 9.59 Å². The van der Waals surface area contributed by atoms with Crippen LogP contribution in [0.25, 0.3) is 10.8 Å². The fourth-order valence-corrected chi connectivity index (χ4v) is 3.46. The van der Waals surface area contributed by atoms with Crippen LogP contribution in [-0.2, 0) is 9.59 Å². The normalized spacial score (nSPS) is 16.9. The van der Waals surface area contributed by atoms with Gasteiger partial charge >= 0.3 is 0 Å². The SMILES string of the molecule is O=C(Nc1ccc(Cl)cc1)[C@H]1CC(=O)N(c2cccc3ccccc23)C1. The Hall–Kier alpha value is -2.85. The molecule has 0 aromatic heterocycles. The lowest BCUT2D eigenvalue weighted by molar-refractivity contribution is -0.122. The van der Waals surface area contributed by atoms with Crippen LogP contribution in [0.2, 0.25) is 5.02 Å². The molecule has 26 heavy (non-hydrogen) atoms. The van der Waals surface area contributed by atoms with Crippen molar-refractivity contribution in [2.75, 3.05) is 16.8 Å². The van der Waals surface area contributed by atoms with E-state index in [2.05, 4.69) is 5.32 Å². The number of nitrogens with zero attached hydrogens (tertiary/aromatic N) is 1. The number of rotatable bonds is 3. The number of amides is 2. The molecule has 0 spiro atoms. The van der Waals surface area contributed by atoms with E-state index < -0.39 is 0 Å². The number of hydrogen-bond acceptors (Lipinski definition) is 2. The number of carbonyl (C=O) groups excluding carboxylic acids is 2. The van der Waals surface area contributed by atoms with Crippen molar-refractivity contribution in [2.24, 2.45) is 5.92 Å². The Morgan fingerprint density at radius 2 is 1.73 bits per heavy atom. The average Bonchev–Trinajstić information content (AvgIpc) is 3.05. The van der Waals surface area contributed by atoms with E-state index in [9.17, 15) is 9.59 Å². The number of hydrogen-bond donors (Lipinski definition) is 1. The van der Waals surface area contributed by atoms with Crippen LogP contribution in [0.1, 0.15) is 6.42 Å². The fraction of sp³-hybridized carbons (Fsp3) is 0.143. The Morgan fingerprint density at radius 3 is 2.54 bits per heavy atom. The molecule has 1 saturated heterocycles. The second-order valence-electron chi connectivity index (χ2n) is 6.40. The van der Waals surface area contributed by atoms with Gasteiger partial charge in [-0.25, -0.2) is 0 Å². The van der Waals surface area contributed by atoms with E-state index in [-0.39, 0.29) is 24.2 Å². The van der Waals surface area contributed by atoms with E-state index in [1.807, 2.05) is 42.5 Å². The maximum absolute atomic E-state index is 12.6. The molecule has 0 unspecified atom stereocenters. The summed E-state index contributed by atoms with van der Waals surface area (Å²) in [6.07, 6.45) is 0.211. The third-order valence-corrected chi connectivity index (χ3v) is 4.92. The molecule has 3 aromatic rings. The summed E-state index contributed by atoms with van der Waals surface area (Å²) in [5.74, 6) is -0.557. The second kappa shape index (κ2) is 6.81. The molecule has 0 bridgehead atoms. The third kappa shape index (κ3) is 3.16. The summed E-state index contributed by atoms with van der Waals surface area (Å²) in [4.78, 5) is 26.8. The molecular weight excluding hydrogens is 348 g/mol. The molecule has 3 aromatic carbocycles. The van der Waals surface area contributed by atoms with Gasteiger partial charge in [0.05, 0.1) is 11.6 Å². The van der Waals surface area contributed by atoms with Crippen molar-refractivity contribution in [2.45, 2.75) is 6.42 Å². The van der Waals surface area contributed by atoms with Gasteiger partial charge in [-0.3, -0.25) is 9.59 Å². The van der Waals surface area contributed by atoms with Crippen LogP contribution in [0.5, 0.6) is 0 Å². The van der Waals surface area contributed by atoms with Crippen molar-refractivity contribution in [3.8, 4) is 0 Å². The van der Waals surface area contributed by atoms with Gasteiger partial charge in [0.1, 0.15) is 0 Å². The van der Waals surface area contributed by atoms with Gasteiger partial charge in [-0.2, -0.15) is 0 Å². The standard InChI is InChI=1S/C21H17ClN2O2/c22-16-8-10-17(11-9-16)23-21(26)15-12-20(25)24(13-15)19-7-3-5-14-4-1-2-6-18(14)19/h1-11,15H,12-13H2,(H,23,26)/t15-/m0/s1. The number of fused-ring (bicyclic) bond motifs is 1. The highest BCUT2D eigenvalue weighted by Gasteiger charge is 2.35. The molecule has 1 aliphatic rings. The van der Waals surface area contributed by atoms with Crippen molar-refractivity contribution in [1.82, 2.24) is 0 Å². The molecule has 1 heterocycles. The Bertz CT molecular complexity index is 979. The molecule has 1 N–H and O–H groups in total. The lowest BCUT2D eigenvalue weighted by atomic mass is 10.1. The first-order chi connectivity index (χ1) is 12.6. The molecule has 4 rings (SSSR count). The molecule has 0 saturated carbocycles. The van der Waals surface area contributed by atoms with Gasteiger partial charge in [-0.15, -0.1) is 0 Å². The Morgan fingerprint density at radius 1 is 1.00 bits per heavy atom. The zero-order valence-corrected chi connectivity index (χ0v) is 14.7. The van der Waals surface area contributed by atoms with Crippen molar-refractivity contribution in [1.29, 1.82) is 0 Å². The lowest BCUT2D eigenvalue weighted by Crippen LogP contribution is -2.28. The number of halogens is 1. The van der Waals surface area contributed by atoms with E-state index in [0.717, 1.165) is 16.5 Å². The minimum absolute atomic E-state index is 0.0300. The van der Waals surface area contributed by atoms with E-state index in [1.165, 1.54) is 0 Å². The monoisotopic (exact) mass is 364 g/mol. The number of nitrogens with one attached hydrogen (secondary N) is 1. The third-order valence-electron chi connectivity index (χ3n) is 4.67. The maximum atomic E-state index is 12.6. The van der Waals surface area contributed by atoms with Crippen LogP contribution in [0.3, 0.4) is 0 Å². The summed E-state index contributed by atoms with van der Waals surface area (Å²) in [5, 5.41) is 5.57. The highest BCUT2D eigenvalue weighted by molar-refractivity contribution is 6.30. The Balaban J connectivity index is 1.55. The zero-order valence-electron chi connectivity index (χ0n) is 14.0. The van der Waals surface area contributed by atoms with Gasteiger partial charge < -0.3 is 10.2 Å². The van der Waals surface area contributed by atoms with Crippen LogP contribution in [0.4, 0.5) is 11.4 Å². The first-order valence-corrected chi connectivity index (χ1v) is 8.84. The summed E-state index contributed by atoms with van der Waals surface area (Å²) in [7, 11) is 0. The topological polar surface area (TPSA) is 49.4 Å². The number of carbonyl (C=O) groups is 2. The Kier molecular flexibility index (Phi) is 4.35. The second-order valence-corrected chi connectivity index (χ2v) is 6.84. The molecule has 4 nitrogen and oxygen atoms in total. The minimum atomic E-state index is -0.378. The summed E-state index contributed by atoms with van der Waals surface area (Å²) >= 11 is 5.87. The van der Waals surface area contributed by atoms with Gasteiger partial charge in [0.25, 0.3) is 0 Å². The average molecular weight is 365 g/mol. The van der Waals surface area contributed by atoms with Crippen molar-refractivity contribution in [3.05, 3.63) is 71.8 Å². The first-order valence-electron chi connectivity index (χ1n) is 8.46. The Labute approximate surface area is 156 Å². The number of anilines is 2. The van der Waals surface area contributed by atoms with Crippen LogP contribution >= 0.6 is 11.6 Å². The lowest BCUT2D eigenvalue weighted by Gasteiger charge is -2.19. The predicted molar refractivity (Wildman–Crippen MR) is 104 cm³/mol. The fourth-order valence-electron chi connectivity index (χ4n) is 3.34. The molecular formula is C21H17ClN2O2. The summed E-state index contributed by atoms with van der Waals surface area (Å²) < 4.78 is 0. The predicted octanol–water partition coefficient (Wildman–Crippen LogP) is 4.48. The van der Waals surface area contributed by atoms with E-state index in [0.29, 0.717) is 17.3 Å². The van der Waals surface area contributed by atoms with Crippen LogP contribution < -0.4 is 10.2 Å². The van der Waals surface area contributed by atoms with Gasteiger partial charge in [0.15, 0.2) is 0 Å². The molecule has 1 fully saturated rings. The summed E-state index contributed by atoms with van der Waals surface area (Å²) in [6, 6.07) is 20.8. The molecule has 0 aliphatic carbocycles. The van der Waals surface area contributed by atoms with Crippen LogP contribution in [0.15, 0.2) is 66.7 Å². The molecule has 1 atom stereocenters. The van der Waals surface area contributed by atoms with E-state index in [4.69, 9.17) is 11.6 Å². The van der Waals surface area contributed by atoms with E-state index >= 15 is 0 Å². The highest BCUT2D eigenvalue weighted by Crippen LogP contribution is 2.32. The van der Waals surface area contributed by atoms with Crippen molar-refractivity contribution in [3.63, 3.8) is 0 Å². The quantitative estimate of drug-likeness (QED) is 0.744. The molecule has 1 aliphatic heterocycles. The van der Waals surface area contributed by atoms with Crippen LogP contribution in [-0.4, -0.2) is 18.4 Å². The van der Waals surface area contributed by atoms with Crippen LogP contribution in [0, 0.1) is 5.92 Å². The van der Waals surface area contributed by atoms with Crippen molar-refractivity contribution >= 4 is 45.6 Å². The number of benzene rings is 3. The smallest absolute Gasteiger partial charge is 0.229 e. The van der Waals surface area contributed by atoms with Gasteiger partial charge in [-0.05, 0) is 35.7 Å². The van der Waals surface area contributed by atoms with Gasteiger partial charge in [0, 0.05) is 29.1 Å². The maximum Gasteiger partial charge on any atom is 0.229 e. The molecule has 2 amide bonds. The largest absolute Gasteiger partial charge is 0.326 e.